The standard InChI is InChI=1S/C13H25N.H2O/c1-11(2)14-10-6-9-13(14)12-7-4-3-5-8-12;/h11-13H,3-10H2,1-2H3;1H2. The zero-order valence-corrected chi connectivity index (χ0v) is 10.3. The molecule has 2 aliphatic rings. The van der Waals surface area contributed by atoms with Crippen LogP contribution in [0, 0.1) is 5.92 Å². The van der Waals surface area contributed by atoms with Gasteiger partial charge < -0.3 is 5.48 Å². The molecule has 2 N–H and O–H groups in total. The summed E-state index contributed by atoms with van der Waals surface area (Å²) < 4.78 is 0. The van der Waals surface area contributed by atoms with E-state index in [0.717, 1.165) is 18.0 Å². The Morgan fingerprint density at radius 1 is 0.933 bits per heavy atom. The molecule has 90 valence electrons. The van der Waals surface area contributed by atoms with Crippen LogP contribution in [0.5, 0.6) is 0 Å². The first-order valence-corrected chi connectivity index (χ1v) is 6.55. The van der Waals surface area contributed by atoms with Gasteiger partial charge in [0.05, 0.1) is 0 Å². The number of hydrogen-bond donors (Lipinski definition) is 0. The average molecular weight is 213 g/mol. The van der Waals surface area contributed by atoms with Crippen molar-refractivity contribution >= 4 is 0 Å². The van der Waals surface area contributed by atoms with Gasteiger partial charge >= 0.3 is 0 Å². The molecular formula is C13H27NO. The van der Waals surface area contributed by atoms with Crippen molar-refractivity contribution in [3.63, 3.8) is 0 Å². The molecule has 2 nitrogen and oxygen atoms in total. The maximum absolute atomic E-state index is 2.76. The van der Waals surface area contributed by atoms with E-state index in [1.54, 1.807) is 0 Å². The molecule has 0 aromatic carbocycles. The summed E-state index contributed by atoms with van der Waals surface area (Å²) >= 11 is 0. The molecule has 1 unspecified atom stereocenters. The van der Waals surface area contributed by atoms with E-state index in [2.05, 4.69) is 18.7 Å². The summed E-state index contributed by atoms with van der Waals surface area (Å²) in [4.78, 5) is 2.76. The molecule has 2 heteroatoms. The first kappa shape index (κ1) is 13.0. The Balaban J connectivity index is 0.00000112. The van der Waals surface area contributed by atoms with Gasteiger partial charge in [0, 0.05) is 12.1 Å². The Bertz CT molecular complexity index is 175. The van der Waals surface area contributed by atoms with Gasteiger partial charge in [-0.1, -0.05) is 19.3 Å². The summed E-state index contributed by atoms with van der Waals surface area (Å²) in [5.41, 5.74) is 0. The molecule has 1 aliphatic carbocycles. The van der Waals surface area contributed by atoms with E-state index < -0.39 is 0 Å². The molecular weight excluding hydrogens is 186 g/mol. The maximum atomic E-state index is 2.76. The second-order valence-corrected chi connectivity index (χ2v) is 5.44. The Morgan fingerprint density at radius 2 is 1.60 bits per heavy atom. The van der Waals surface area contributed by atoms with E-state index in [1.807, 2.05) is 0 Å². The third kappa shape index (κ3) is 2.94. The highest BCUT2D eigenvalue weighted by molar-refractivity contribution is 4.87. The smallest absolute Gasteiger partial charge is 0.0127 e. The van der Waals surface area contributed by atoms with E-state index in [4.69, 9.17) is 0 Å². The normalized spacial score (nSPS) is 29.4. The number of hydrogen-bond acceptors (Lipinski definition) is 1. The summed E-state index contributed by atoms with van der Waals surface area (Å²) in [6, 6.07) is 1.71. The Hall–Kier alpha value is -0.0800. The van der Waals surface area contributed by atoms with Crippen LogP contribution in [0.2, 0.25) is 0 Å². The van der Waals surface area contributed by atoms with Crippen molar-refractivity contribution in [2.24, 2.45) is 5.92 Å². The minimum atomic E-state index is 0. The highest BCUT2D eigenvalue weighted by Gasteiger charge is 2.33. The zero-order chi connectivity index (χ0) is 9.97. The van der Waals surface area contributed by atoms with Crippen molar-refractivity contribution in [3.8, 4) is 0 Å². The molecule has 1 heterocycles. The minimum absolute atomic E-state index is 0. The van der Waals surface area contributed by atoms with E-state index in [9.17, 15) is 0 Å². The summed E-state index contributed by atoms with van der Waals surface area (Å²) in [5, 5.41) is 0. The van der Waals surface area contributed by atoms with E-state index in [-0.39, 0.29) is 5.48 Å². The zero-order valence-electron chi connectivity index (χ0n) is 10.3. The maximum Gasteiger partial charge on any atom is 0.0127 e. The van der Waals surface area contributed by atoms with Gasteiger partial charge in [-0.05, 0) is 52.0 Å². The lowest BCUT2D eigenvalue weighted by Crippen LogP contribution is -2.40. The molecule has 0 radical (unpaired) electrons. The first-order valence-electron chi connectivity index (χ1n) is 6.55. The lowest BCUT2D eigenvalue weighted by molar-refractivity contribution is 0.128. The Kier molecular flexibility index (Phi) is 5.07. The molecule has 2 fully saturated rings. The van der Waals surface area contributed by atoms with Gasteiger partial charge in [0.25, 0.3) is 0 Å². The molecule has 1 aliphatic heterocycles. The van der Waals surface area contributed by atoms with Crippen molar-refractivity contribution in [2.45, 2.75) is 70.9 Å². The predicted molar refractivity (Wildman–Crippen MR) is 65.1 cm³/mol. The highest BCUT2D eigenvalue weighted by Crippen LogP contribution is 2.34. The fraction of sp³-hybridized carbons (Fsp3) is 1.00. The number of nitrogens with zero attached hydrogens (tertiary/aromatic N) is 1. The number of rotatable bonds is 2. The highest BCUT2D eigenvalue weighted by atomic mass is 16.0. The van der Waals surface area contributed by atoms with Crippen molar-refractivity contribution < 1.29 is 5.48 Å². The molecule has 2 rings (SSSR count). The van der Waals surface area contributed by atoms with Crippen molar-refractivity contribution in [3.05, 3.63) is 0 Å². The third-order valence-corrected chi connectivity index (χ3v) is 4.20. The first-order chi connectivity index (χ1) is 6.79. The molecule has 0 bridgehead atoms. The summed E-state index contributed by atoms with van der Waals surface area (Å²) in [6.07, 6.45) is 10.4. The van der Waals surface area contributed by atoms with Gasteiger partial charge in [0.1, 0.15) is 0 Å². The fourth-order valence-corrected chi connectivity index (χ4v) is 3.48. The van der Waals surface area contributed by atoms with Crippen LogP contribution < -0.4 is 0 Å². The summed E-state index contributed by atoms with van der Waals surface area (Å²) in [5.74, 6) is 1.04. The van der Waals surface area contributed by atoms with E-state index >= 15 is 0 Å². The van der Waals surface area contributed by atoms with Crippen LogP contribution in [0.3, 0.4) is 0 Å². The molecule has 0 aromatic rings. The van der Waals surface area contributed by atoms with E-state index in [0.29, 0.717) is 0 Å². The van der Waals surface area contributed by atoms with Gasteiger partial charge in [-0.25, -0.2) is 0 Å². The van der Waals surface area contributed by atoms with Crippen LogP contribution in [0.15, 0.2) is 0 Å². The monoisotopic (exact) mass is 213 g/mol. The van der Waals surface area contributed by atoms with Crippen LogP contribution in [0.4, 0.5) is 0 Å². The molecule has 0 amide bonds. The van der Waals surface area contributed by atoms with Crippen LogP contribution in [0.25, 0.3) is 0 Å². The van der Waals surface area contributed by atoms with Gasteiger partial charge in [0.15, 0.2) is 0 Å². The minimum Gasteiger partial charge on any atom is -0.412 e. The molecule has 1 atom stereocenters. The molecule has 15 heavy (non-hydrogen) atoms. The second-order valence-electron chi connectivity index (χ2n) is 5.44. The fourth-order valence-electron chi connectivity index (χ4n) is 3.48. The van der Waals surface area contributed by atoms with Crippen LogP contribution in [0.1, 0.15) is 58.8 Å². The molecule has 1 saturated heterocycles. The van der Waals surface area contributed by atoms with Gasteiger partial charge in [0.2, 0.25) is 0 Å². The average Bonchev–Trinajstić information content (AvgIpc) is 2.67. The van der Waals surface area contributed by atoms with Crippen LogP contribution in [-0.4, -0.2) is 29.0 Å². The second kappa shape index (κ2) is 5.86. The lowest BCUT2D eigenvalue weighted by atomic mass is 9.82. The predicted octanol–water partition coefficient (Wildman–Crippen LogP) is 2.61. The SMILES string of the molecule is CC(C)N1CCCC1C1CCCCC1.O. The largest absolute Gasteiger partial charge is 0.412 e. The third-order valence-electron chi connectivity index (χ3n) is 4.20. The molecule has 0 spiro atoms. The van der Waals surface area contributed by atoms with Crippen molar-refractivity contribution in [1.29, 1.82) is 0 Å². The van der Waals surface area contributed by atoms with Crippen LogP contribution >= 0.6 is 0 Å². The quantitative estimate of drug-likeness (QED) is 0.694. The Morgan fingerprint density at radius 3 is 2.20 bits per heavy atom. The van der Waals surface area contributed by atoms with Gasteiger partial charge in [-0.2, -0.15) is 0 Å². The number of likely N-dealkylation sites (tertiary alicyclic amines) is 1. The topological polar surface area (TPSA) is 34.7 Å². The summed E-state index contributed by atoms with van der Waals surface area (Å²) in [7, 11) is 0. The lowest BCUT2D eigenvalue weighted by Gasteiger charge is -2.36. The van der Waals surface area contributed by atoms with Gasteiger partial charge in [-0.15, -0.1) is 0 Å². The van der Waals surface area contributed by atoms with Gasteiger partial charge in [-0.3, -0.25) is 4.90 Å². The van der Waals surface area contributed by atoms with Crippen LogP contribution in [-0.2, 0) is 0 Å². The van der Waals surface area contributed by atoms with Crippen molar-refractivity contribution in [1.82, 2.24) is 4.90 Å². The molecule has 0 aromatic heterocycles. The Labute approximate surface area is 94.3 Å². The molecule has 1 saturated carbocycles. The van der Waals surface area contributed by atoms with Crippen molar-refractivity contribution in [2.75, 3.05) is 6.54 Å². The summed E-state index contributed by atoms with van der Waals surface area (Å²) in [6.45, 7) is 6.08. The van der Waals surface area contributed by atoms with E-state index in [1.165, 1.54) is 51.5 Å².